The normalized spacial score (nSPS) is 13.5. The molecular formula is C26H21Cl2N3O4. The number of hydrogen-bond acceptors (Lipinski definition) is 5. The van der Waals surface area contributed by atoms with Crippen LogP contribution in [0.3, 0.4) is 0 Å². The fourth-order valence-electron chi connectivity index (χ4n) is 3.44. The molecule has 0 spiro atoms. The zero-order valence-corrected chi connectivity index (χ0v) is 20.4. The Balaban J connectivity index is 1.49. The SMILES string of the molecule is CC(C)Oc1ccc(NC(=O)c2cccc(NC3=C(Cl)C(=O)N(c4ccccc4Cl)C3=O)c2)cc1. The number of para-hydroxylation sites is 1. The smallest absolute Gasteiger partial charge is 0.283 e. The molecule has 7 nitrogen and oxygen atoms in total. The first-order chi connectivity index (χ1) is 16.7. The maximum atomic E-state index is 13.0. The lowest BCUT2D eigenvalue weighted by Crippen LogP contribution is -2.32. The number of carbonyl (C=O) groups excluding carboxylic acids is 3. The van der Waals surface area contributed by atoms with Crippen LogP contribution in [0.15, 0.2) is 83.5 Å². The van der Waals surface area contributed by atoms with Crippen molar-refractivity contribution in [2.24, 2.45) is 0 Å². The summed E-state index contributed by atoms with van der Waals surface area (Å²) in [5.41, 5.74) is 1.48. The van der Waals surface area contributed by atoms with Crippen LogP contribution >= 0.6 is 23.2 Å². The summed E-state index contributed by atoms with van der Waals surface area (Å²) in [7, 11) is 0. The van der Waals surface area contributed by atoms with Crippen LogP contribution in [-0.2, 0) is 9.59 Å². The van der Waals surface area contributed by atoms with E-state index < -0.39 is 11.8 Å². The summed E-state index contributed by atoms with van der Waals surface area (Å²) in [6, 6.07) is 20.0. The maximum absolute atomic E-state index is 13.0. The van der Waals surface area contributed by atoms with Crippen LogP contribution in [0, 0.1) is 0 Å². The lowest BCUT2D eigenvalue weighted by atomic mass is 10.1. The number of ether oxygens (including phenoxy) is 1. The molecule has 2 N–H and O–H groups in total. The minimum atomic E-state index is -0.689. The predicted octanol–water partition coefficient (Wildman–Crippen LogP) is 5.82. The van der Waals surface area contributed by atoms with Crippen molar-refractivity contribution < 1.29 is 19.1 Å². The molecule has 0 bridgehead atoms. The standard InChI is InChI=1S/C26H21Cl2N3O4/c1-15(2)35-19-12-10-17(11-13-19)30-24(32)16-6-5-7-18(14-16)29-23-22(28)25(33)31(26(23)34)21-9-4-3-8-20(21)27/h3-15,29H,1-2H3,(H,30,32). The maximum Gasteiger partial charge on any atom is 0.283 e. The number of nitrogens with zero attached hydrogens (tertiary/aromatic N) is 1. The molecule has 4 rings (SSSR count). The van der Waals surface area contributed by atoms with Crippen LogP contribution in [0.5, 0.6) is 5.75 Å². The van der Waals surface area contributed by atoms with E-state index in [1.165, 1.54) is 0 Å². The van der Waals surface area contributed by atoms with E-state index in [1.54, 1.807) is 72.8 Å². The van der Waals surface area contributed by atoms with E-state index in [9.17, 15) is 14.4 Å². The van der Waals surface area contributed by atoms with Gasteiger partial charge in [-0.2, -0.15) is 0 Å². The van der Waals surface area contributed by atoms with Crippen LogP contribution in [0.4, 0.5) is 17.1 Å². The molecule has 0 unspecified atom stereocenters. The average molecular weight is 510 g/mol. The summed E-state index contributed by atoms with van der Waals surface area (Å²) in [6.07, 6.45) is 0.0492. The topological polar surface area (TPSA) is 87.7 Å². The first kappa shape index (κ1) is 24.3. The first-order valence-electron chi connectivity index (χ1n) is 10.7. The highest BCUT2D eigenvalue weighted by Gasteiger charge is 2.39. The molecule has 3 aromatic rings. The van der Waals surface area contributed by atoms with Crippen LogP contribution in [0.1, 0.15) is 24.2 Å². The fraction of sp³-hybridized carbons (Fsp3) is 0.115. The molecule has 0 aliphatic carbocycles. The van der Waals surface area contributed by atoms with Crippen molar-refractivity contribution in [3.8, 4) is 5.75 Å². The van der Waals surface area contributed by atoms with Crippen molar-refractivity contribution in [2.75, 3.05) is 15.5 Å². The monoisotopic (exact) mass is 509 g/mol. The molecule has 0 saturated carbocycles. The molecular weight excluding hydrogens is 489 g/mol. The summed E-state index contributed by atoms with van der Waals surface area (Å²) in [5, 5.41) is 5.65. The van der Waals surface area contributed by atoms with E-state index in [0.717, 1.165) is 4.90 Å². The number of carbonyl (C=O) groups is 3. The number of halogens is 2. The molecule has 0 saturated heterocycles. The molecule has 35 heavy (non-hydrogen) atoms. The number of rotatable bonds is 7. The van der Waals surface area contributed by atoms with E-state index in [1.807, 2.05) is 13.8 Å². The Kier molecular flexibility index (Phi) is 7.10. The number of amides is 3. The molecule has 178 valence electrons. The predicted molar refractivity (Wildman–Crippen MR) is 137 cm³/mol. The van der Waals surface area contributed by atoms with Gasteiger partial charge < -0.3 is 15.4 Å². The van der Waals surface area contributed by atoms with Crippen LogP contribution in [0.2, 0.25) is 5.02 Å². The van der Waals surface area contributed by atoms with Crippen LogP contribution in [0.25, 0.3) is 0 Å². The van der Waals surface area contributed by atoms with Gasteiger partial charge in [-0.3, -0.25) is 14.4 Å². The zero-order valence-electron chi connectivity index (χ0n) is 18.8. The second-order valence-electron chi connectivity index (χ2n) is 7.94. The van der Waals surface area contributed by atoms with Gasteiger partial charge in [0, 0.05) is 16.9 Å². The summed E-state index contributed by atoms with van der Waals surface area (Å²) in [4.78, 5) is 39.3. The van der Waals surface area contributed by atoms with E-state index in [4.69, 9.17) is 27.9 Å². The highest BCUT2D eigenvalue weighted by molar-refractivity contribution is 6.53. The molecule has 1 aliphatic rings. The van der Waals surface area contributed by atoms with Gasteiger partial charge in [0.15, 0.2) is 0 Å². The van der Waals surface area contributed by atoms with E-state index in [2.05, 4.69) is 10.6 Å². The third kappa shape index (κ3) is 5.31. The molecule has 3 amide bonds. The molecule has 0 fully saturated rings. The Labute approximate surface area is 212 Å². The zero-order chi connectivity index (χ0) is 25.1. The molecule has 0 atom stereocenters. The minimum Gasteiger partial charge on any atom is -0.491 e. The molecule has 0 radical (unpaired) electrons. The Hall–Kier alpha value is -3.81. The van der Waals surface area contributed by atoms with Crippen molar-refractivity contribution >= 4 is 58.0 Å². The molecule has 1 aliphatic heterocycles. The molecule has 0 aromatic heterocycles. The number of nitrogens with one attached hydrogen (secondary N) is 2. The molecule has 9 heteroatoms. The van der Waals surface area contributed by atoms with Gasteiger partial charge in [0.05, 0.1) is 16.8 Å². The highest BCUT2D eigenvalue weighted by atomic mass is 35.5. The van der Waals surface area contributed by atoms with Crippen molar-refractivity contribution in [2.45, 2.75) is 20.0 Å². The third-order valence-corrected chi connectivity index (χ3v) is 5.67. The quantitative estimate of drug-likeness (QED) is 0.392. The van der Waals surface area contributed by atoms with Crippen molar-refractivity contribution in [3.05, 3.63) is 94.1 Å². The van der Waals surface area contributed by atoms with Gasteiger partial charge in [-0.1, -0.05) is 41.4 Å². The number of hydrogen-bond donors (Lipinski definition) is 2. The van der Waals surface area contributed by atoms with Crippen LogP contribution in [-0.4, -0.2) is 23.8 Å². The van der Waals surface area contributed by atoms with E-state index >= 15 is 0 Å². The number of anilines is 3. The van der Waals surface area contributed by atoms with Crippen molar-refractivity contribution in [3.63, 3.8) is 0 Å². The van der Waals surface area contributed by atoms with Gasteiger partial charge in [-0.05, 0) is 68.4 Å². The average Bonchev–Trinajstić information content (AvgIpc) is 3.04. The van der Waals surface area contributed by atoms with E-state index in [-0.39, 0.29) is 33.5 Å². The lowest BCUT2D eigenvalue weighted by Gasteiger charge is -2.16. The lowest BCUT2D eigenvalue weighted by molar-refractivity contribution is -0.120. The van der Waals surface area contributed by atoms with Crippen molar-refractivity contribution in [1.82, 2.24) is 0 Å². The van der Waals surface area contributed by atoms with Gasteiger partial charge in [0.2, 0.25) is 0 Å². The molecule has 3 aromatic carbocycles. The Morgan fingerprint density at radius 1 is 0.886 bits per heavy atom. The van der Waals surface area contributed by atoms with Gasteiger partial charge in [-0.25, -0.2) is 4.90 Å². The number of imide groups is 1. The third-order valence-electron chi connectivity index (χ3n) is 5.00. The minimum absolute atomic E-state index is 0.0492. The molecule has 1 heterocycles. The highest BCUT2D eigenvalue weighted by Crippen LogP contribution is 2.34. The van der Waals surface area contributed by atoms with Crippen LogP contribution < -0.4 is 20.3 Å². The fourth-order valence-corrected chi connectivity index (χ4v) is 3.87. The first-order valence-corrected chi connectivity index (χ1v) is 11.5. The van der Waals surface area contributed by atoms with Gasteiger partial charge in [0.1, 0.15) is 16.5 Å². The summed E-state index contributed by atoms with van der Waals surface area (Å²) >= 11 is 12.4. The van der Waals surface area contributed by atoms with Gasteiger partial charge in [0.25, 0.3) is 17.7 Å². The van der Waals surface area contributed by atoms with Gasteiger partial charge in [-0.15, -0.1) is 0 Å². The second-order valence-corrected chi connectivity index (χ2v) is 8.72. The summed E-state index contributed by atoms with van der Waals surface area (Å²) in [6.45, 7) is 3.87. The summed E-state index contributed by atoms with van der Waals surface area (Å²) < 4.78 is 5.61. The van der Waals surface area contributed by atoms with E-state index in [0.29, 0.717) is 22.7 Å². The number of benzene rings is 3. The summed E-state index contributed by atoms with van der Waals surface area (Å²) in [5.74, 6) is -0.980. The Bertz CT molecular complexity index is 1340. The Morgan fingerprint density at radius 2 is 1.60 bits per heavy atom. The van der Waals surface area contributed by atoms with Gasteiger partial charge >= 0.3 is 0 Å². The Morgan fingerprint density at radius 3 is 2.29 bits per heavy atom. The largest absolute Gasteiger partial charge is 0.491 e. The van der Waals surface area contributed by atoms with Crippen molar-refractivity contribution in [1.29, 1.82) is 0 Å². The second kappa shape index (κ2) is 10.2.